The molecule has 0 aliphatic heterocycles. The molecule has 0 amide bonds. The number of hydrogen-bond donors (Lipinski definition) is 1. The van der Waals surface area contributed by atoms with E-state index in [4.69, 9.17) is 4.84 Å². The van der Waals surface area contributed by atoms with Crippen molar-refractivity contribution in [2.45, 2.75) is 12.8 Å². The lowest BCUT2D eigenvalue weighted by Crippen LogP contribution is -2.32. The third-order valence-corrected chi connectivity index (χ3v) is 1.80. The summed E-state index contributed by atoms with van der Waals surface area (Å²) in [6, 6.07) is 9.85. The van der Waals surface area contributed by atoms with Gasteiger partial charge in [-0.15, -0.1) is 0 Å². The van der Waals surface area contributed by atoms with Gasteiger partial charge in [-0.25, -0.2) is 5.01 Å². The van der Waals surface area contributed by atoms with Crippen LogP contribution in [0.3, 0.4) is 0 Å². The average molecular weight is 208 g/mol. The van der Waals surface area contributed by atoms with Crippen molar-refractivity contribution in [1.29, 1.82) is 0 Å². The fourth-order valence-corrected chi connectivity index (χ4v) is 1.08. The third-order valence-electron chi connectivity index (χ3n) is 1.80. The Bertz CT molecular complexity index is 299. The minimum absolute atomic E-state index is 0.257. The second-order valence-corrected chi connectivity index (χ2v) is 3.45. The number of rotatable bonds is 5. The summed E-state index contributed by atoms with van der Waals surface area (Å²) in [5.74, 6) is -0.257. The van der Waals surface area contributed by atoms with Crippen molar-refractivity contribution in [3.8, 4) is 0 Å². The van der Waals surface area contributed by atoms with Crippen molar-refractivity contribution in [2.75, 3.05) is 14.1 Å². The van der Waals surface area contributed by atoms with Gasteiger partial charge in [-0.2, -0.15) is 0 Å². The quantitative estimate of drug-likeness (QED) is 0.737. The number of hydrazine groups is 1. The van der Waals surface area contributed by atoms with E-state index in [1.165, 1.54) is 0 Å². The van der Waals surface area contributed by atoms with Gasteiger partial charge in [0.15, 0.2) is 0 Å². The first-order chi connectivity index (χ1) is 7.18. The van der Waals surface area contributed by atoms with E-state index in [-0.39, 0.29) is 5.97 Å². The van der Waals surface area contributed by atoms with E-state index in [9.17, 15) is 4.79 Å². The molecule has 0 unspecified atom stereocenters. The fraction of sp³-hybridized carbons (Fsp3) is 0.364. The predicted octanol–water partition coefficient (Wildman–Crippen LogP) is 1.14. The first-order valence-electron chi connectivity index (χ1n) is 4.85. The van der Waals surface area contributed by atoms with Crippen molar-refractivity contribution in [3.05, 3.63) is 35.9 Å². The molecule has 1 aromatic rings. The smallest absolute Gasteiger partial charge is 0.326 e. The van der Waals surface area contributed by atoms with E-state index < -0.39 is 0 Å². The van der Waals surface area contributed by atoms with Crippen molar-refractivity contribution < 1.29 is 9.63 Å². The number of aryl methyl sites for hydroxylation is 1. The standard InChI is InChI=1S/C11H16N2O2/c1-13(2)12-15-11(14)9-8-10-6-4-3-5-7-10/h3-7,12H,8-9H2,1-2H3. The minimum atomic E-state index is -0.257. The molecule has 0 atom stereocenters. The van der Waals surface area contributed by atoms with Crippen LogP contribution in [0, 0.1) is 0 Å². The number of carbonyl (C=O) groups excluding carboxylic acids is 1. The van der Waals surface area contributed by atoms with Gasteiger partial charge in [-0.3, -0.25) is 4.79 Å². The zero-order valence-corrected chi connectivity index (χ0v) is 9.06. The molecule has 0 radical (unpaired) electrons. The number of nitrogens with zero attached hydrogens (tertiary/aromatic N) is 1. The van der Waals surface area contributed by atoms with Crippen molar-refractivity contribution >= 4 is 5.97 Å². The zero-order chi connectivity index (χ0) is 11.1. The Hall–Kier alpha value is -1.39. The minimum Gasteiger partial charge on any atom is -0.356 e. The monoisotopic (exact) mass is 208 g/mol. The van der Waals surface area contributed by atoms with Crippen molar-refractivity contribution in [1.82, 2.24) is 10.6 Å². The highest BCUT2D eigenvalue weighted by molar-refractivity contribution is 5.69. The van der Waals surface area contributed by atoms with E-state index in [1.54, 1.807) is 19.1 Å². The maximum atomic E-state index is 11.2. The van der Waals surface area contributed by atoms with Gasteiger partial charge in [0.05, 0.1) is 6.42 Å². The molecule has 0 fully saturated rings. The molecule has 0 aliphatic rings. The van der Waals surface area contributed by atoms with Crippen molar-refractivity contribution in [3.63, 3.8) is 0 Å². The van der Waals surface area contributed by atoms with E-state index >= 15 is 0 Å². The van der Waals surface area contributed by atoms with E-state index in [1.807, 2.05) is 30.3 Å². The molecule has 0 heterocycles. The SMILES string of the molecule is CN(C)NOC(=O)CCc1ccccc1. The lowest BCUT2D eigenvalue weighted by Gasteiger charge is -2.10. The molecule has 0 saturated carbocycles. The van der Waals surface area contributed by atoms with Gasteiger partial charge in [0.2, 0.25) is 0 Å². The summed E-state index contributed by atoms with van der Waals surface area (Å²) in [4.78, 5) is 16.0. The highest BCUT2D eigenvalue weighted by atomic mass is 16.7. The Balaban J connectivity index is 2.23. The van der Waals surface area contributed by atoms with Gasteiger partial charge >= 0.3 is 5.97 Å². The Kier molecular flexibility index (Phi) is 4.80. The Morgan fingerprint density at radius 1 is 1.33 bits per heavy atom. The molecule has 0 bridgehead atoms. The molecule has 4 nitrogen and oxygen atoms in total. The summed E-state index contributed by atoms with van der Waals surface area (Å²) in [5.41, 5.74) is 3.60. The molecule has 0 saturated heterocycles. The molecule has 15 heavy (non-hydrogen) atoms. The summed E-state index contributed by atoms with van der Waals surface area (Å²) in [7, 11) is 3.51. The van der Waals surface area contributed by atoms with Crippen molar-refractivity contribution in [2.24, 2.45) is 0 Å². The number of carbonyl (C=O) groups is 1. The maximum absolute atomic E-state index is 11.2. The fourth-order valence-electron chi connectivity index (χ4n) is 1.08. The number of benzene rings is 1. The summed E-state index contributed by atoms with van der Waals surface area (Å²) in [6.45, 7) is 0. The normalized spacial score (nSPS) is 10.3. The lowest BCUT2D eigenvalue weighted by atomic mass is 10.1. The average Bonchev–Trinajstić information content (AvgIpc) is 2.25. The van der Waals surface area contributed by atoms with Crippen LogP contribution in [0.25, 0.3) is 0 Å². The Labute approximate surface area is 89.8 Å². The van der Waals surface area contributed by atoms with Crippen LogP contribution >= 0.6 is 0 Å². The highest BCUT2D eigenvalue weighted by Crippen LogP contribution is 2.02. The highest BCUT2D eigenvalue weighted by Gasteiger charge is 2.03. The summed E-state index contributed by atoms with van der Waals surface area (Å²) in [5, 5.41) is 1.57. The van der Waals surface area contributed by atoms with Gasteiger partial charge in [-0.05, 0) is 12.0 Å². The van der Waals surface area contributed by atoms with Gasteiger partial charge in [0, 0.05) is 14.1 Å². The van der Waals surface area contributed by atoms with Gasteiger partial charge in [0.1, 0.15) is 0 Å². The van der Waals surface area contributed by atoms with E-state index in [0.29, 0.717) is 12.8 Å². The molecular formula is C11H16N2O2. The molecule has 82 valence electrons. The topological polar surface area (TPSA) is 41.6 Å². The Morgan fingerprint density at radius 2 is 2.00 bits per heavy atom. The van der Waals surface area contributed by atoms with Gasteiger partial charge in [-0.1, -0.05) is 35.9 Å². The predicted molar refractivity (Wildman–Crippen MR) is 57.7 cm³/mol. The van der Waals surface area contributed by atoms with Crippen LogP contribution in [0.1, 0.15) is 12.0 Å². The number of hydrogen-bond acceptors (Lipinski definition) is 4. The molecule has 1 N–H and O–H groups in total. The maximum Gasteiger partial charge on any atom is 0.326 e. The van der Waals surface area contributed by atoms with Gasteiger partial charge in [0.25, 0.3) is 0 Å². The van der Waals surface area contributed by atoms with Crippen LogP contribution in [0.4, 0.5) is 0 Å². The Morgan fingerprint density at radius 3 is 2.60 bits per heavy atom. The second kappa shape index (κ2) is 6.16. The molecule has 1 aromatic carbocycles. The second-order valence-electron chi connectivity index (χ2n) is 3.45. The van der Waals surface area contributed by atoms with Crippen LogP contribution in [0.2, 0.25) is 0 Å². The lowest BCUT2D eigenvalue weighted by molar-refractivity contribution is -0.161. The van der Waals surface area contributed by atoms with Crippen LogP contribution < -0.4 is 5.59 Å². The largest absolute Gasteiger partial charge is 0.356 e. The van der Waals surface area contributed by atoms with E-state index in [0.717, 1.165) is 5.56 Å². The van der Waals surface area contributed by atoms with E-state index in [2.05, 4.69) is 5.59 Å². The summed E-state index contributed by atoms with van der Waals surface area (Å²) in [6.07, 6.45) is 1.08. The summed E-state index contributed by atoms with van der Waals surface area (Å²) < 4.78 is 0. The van der Waals surface area contributed by atoms with Gasteiger partial charge < -0.3 is 4.84 Å². The molecule has 0 aliphatic carbocycles. The van der Waals surface area contributed by atoms with Crippen LogP contribution in [0.5, 0.6) is 0 Å². The third kappa shape index (κ3) is 5.15. The summed E-state index contributed by atoms with van der Waals surface area (Å²) >= 11 is 0. The van der Waals surface area contributed by atoms with Crippen LogP contribution in [-0.4, -0.2) is 25.1 Å². The molecule has 1 rings (SSSR count). The molecular weight excluding hydrogens is 192 g/mol. The number of nitrogens with one attached hydrogen (secondary N) is 1. The van der Waals surface area contributed by atoms with Crippen LogP contribution in [-0.2, 0) is 16.1 Å². The zero-order valence-electron chi connectivity index (χ0n) is 9.06. The molecule has 0 spiro atoms. The first-order valence-corrected chi connectivity index (χ1v) is 4.85. The molecule has 0 aromatic heterocycles. The van der Waals surface area contributed by atoms with Crippen LogP contribution in [0.15, 0.2) is 30.3 Å². The molecule has 4 heteroatoms. The first kappa shape index (κ1) is 11.7.